The predicted molar refractivity (Wildman–Crippen MR) is 103 cm³/mol. The summed E-state index contributed by atoms with van der Waals surface area (Å²) in [6.07, 6.45) is 8.24. The summed E-state index contributed by atoms with van der Waals surface area (Å²) in [6, 6.07) is 5.04. The van der Waals surface area contributed by atoms with E-state index in [1.54, 1.807) is 0 Å². The molecule has 25 heavy (non-hydrogen) atoms. The lowest BCUT2D eigenvalue weighted by Gasteiger charge is -2.45. The first-order chi connectivity index (χ1) is 12.1. The Labute approximate surface area is 153 Å². The molecule has 3 heterocycles. The first kappa shape index (κ1) is 18.5. The Morgan fingerprint density at radius 2 is 1.84 bits per heavy atom. The standard InChI is InChI=1S/C21H35N3O/c1-17-11-12-18(2)24(17)15-7-10-21(25)22(3)16-19-8-6-14-23-13-5-4-9-20(19)23/h11-12,19-20H,4-10,13-16H2,1-3H3/t19-,20+/m0/s1. The minimum atomic E-state index is 0.315. The van der Waals surface area contributed by atoms with E-state index in [0.717, 1.165) is 25.6 Å². The Kier molecular flexibility index (Phi) is 6.21. The van der Waals surface area contributed by atoms with Gasteiger partial charge in [-0.2, -0.15) is 0 Å². The van der Waals surface area contributed by atoms with Crippen LogP contribution in [0.15, 0.2) is 12.1 Å². The van der Waals surface area contributed by atoms with E-state index in [0.29, 0.717) is 18.2 Å². The molecular weight excluding hydrogens is 310 g/mol. The first-order valence-electron chi connectivity index (χ1n) is 10.2. The maximum atomic E-state index is 12.6. The van der Waals surface area contributed by atoms with E-state index < -0.39 is 0 Å². The number of fused-ring (bicyclic) bond motifs is 1. The van der Waals surface area contributed by atoms with E-state index in [1.807, 2.05) is 11.9 Å². The molecule has 0 N–H and O–H groups in total. The van der Waals surface area contributed by atoms with Gasteiger partial charge in [-0.25, -0.2) is 0 Å². The second kappa shape index (κ2) is 8.39. The number of hydrogen-bond donors (Lipinski definition) is 0. The highest BCUT2D eigenvalue weighted by Crippen LogP contribution is 2.31. The summed E-state index contributed by atoms with van der Waals surface area (Å²) in [7, 11) is 2.01. The van der Waals surface area contributed by atoms with Crippen LogP contribution in [0.3, 0.4) is 0 Å². The molecule has 2 atom stereocenters. The summed E-state index contributed by atoms with van der Waals surface area (Å²) < 4.78 is 2.31. The van der Waals surface area contributed by atoms with Crippen LogP contribution in [0.5, 0.6) is 0 Å². The van der Waals surface area contributed by atoms with Crippen LogP contribution in [0.2, 0.25) is 0 Å². The van der Waals surface area contributed by atoms with Crippen LogP contribution in [0.4, 0.5) is 0 Å². The van der Waals surface area contributed by atoms with Crippen LogP contribution >= 0.6 is 0 Å². The van der Waals surface area contributed by atoms with Crippen molar-refractivity contribution in [3.05, 3.63) is 23.5 Å². The van der Waals surface area contributed by atoms with Gasteiger partial charge in [0.15, 0.2) is 0 Å². The Balaban J connectivity index is 1.45. The number of nitrogens with zero attached hydrogens (tertiary/aromatic N) is 3. The molecule has 2 saturated heterocycles. The molecule has 0 saturated carbocycles. The van der Waals surface area contributed by atoms with Crippen LogP contribution < -0.4 is 0 Å². The van der Waals surface area contributed by atoms with Crippen molar-refractivity contribution in [3.63, 3.8) is 0 Å². The van der Waals surface area contributed by atoms with Crippen LogP contribution in [-0.4, -0.2) is 53.0 Å². The highest BCUT2D eigenvalue weighted by atomic mass is 16.2. The van der Waals surface area contributed by atoms with E-state index in [2.05, 4.69) is 35.4 Å². The molecule has 140 valence electrons. The number of amides is 1. The fourth-order valence-electron chi connectivity index (χ4n) is 4.88. The number of carbonyl (C=O) groups excluding carboxylic acids is 1. The van der Waals surface area contributed by atoms with Gasteiger partial charge in [0.05, 0.1) is 0 Å². The van der Waals surface area contributed by atoms with Gasteiger partial charge in [-0.1, -0.05) is 6.42 Å². The van der Waals surface area contributed by atoms with Crippen molar-refractivity contribution in [1.82, 2.24) is 14.4 Å². The molecule has 0 radical (unpaired) electrons. The van der Waals surface area contributed by atoms with Gasteiger partial charge < -0.3 is 14.4 Å². The fraction of sp³-hybridized carbons (Fsp3) is 0.762. The van der Waals surface area contributed by atoms with E-state index in [-0.39, 0.29) is 0 Å². The molecule has 0 aromatic carbocycles. The molecule has 1 aromatic rings. The number of rotatable bonds is 6. The molecule has 4 nitrogen and oxygen atoms in total. The summed E-state index contributed by atoms with van der Waals surface area (Å²) in [4.78, 5) is 17.3. The summed E-state index contributed by atoms with van der Waals surface area (Å²) in [5.74, 6) is 0.993. The van der Waals surface area contributed by atoms with Gasteiger partial charge in [-0.15, -0.1) is 0 Å². The molecule has 3 rings (SSSR count). The summed E-state index contributed by atoms with van der Waals surface area (Å²) in [5.41, 5.74) is 2.58. The van der Waals surface area contributed by atoms with E-state index in [4.69, 9.17) is 0 Å². The predicted octanol–water partition coefficient (Wildman–Crippen LogP) is 3.61. The third-order valence-corrected chi connectivity index (χ3v) is 6.35. The molecule has 1 aromatic heterocycles. The van der Waals surface area contributed by atoms with Crippen molar-refractivity contribution in [1.29, 1.82) is 0 Å². The van der Waals surface area contributed by atoms with Crippen molar-refractivity contribution in [2.24, 2.45) is 5.92 Å². The van der Waals surface area contributed by atoms with Gasteiger partial charge in [0.1, 0.15) is 0 Å². The minimum absolute atomic E-state index is 0.315. The second-order valence-electron chi connectivity index (χ2n) is 8.15. The molecule has 0 spiro atoms. The molecular formula is C21H35N3O. The van der Waals surface area contributed by atoms with Gasteiger partial charge in [0.25, 0.3) is 0 Å². The average molecular weight is 346 g/mol. The number of carbonyl (C=O) groups is 1. The molecule has 2 aliphatic rings. The molecule has 0 unspecified atom stereocenters. The zero-order chi connectivity index (χ0) is 17.8. The van der Waals surface area contributed by atoms with Crippen molar-refractivity contribution in [3.8, 4) is 0 Å². The SMILES string of the molecule is Cc1ccc(C)n1CCCC(=O)N(C)C[C@@H]1CCCN2CCCC[C@H]12. The zero-order valence-corrected chi connectivity index (χ0v) is 16.3. The van der Waals surface area contributed by atoms with E-state index >= 15 is 0 Å². The Morgan fingerprint density at radius 1 is 1.12 bits per heavy atom. The van der Waals surface area contributed by atoms with E-state index in [1.165, 1.54) is 56.6 Å². The van der Waals surface area contributed by atoms with Gasteiger partial charge >= 0.3 is 0 Å². The Bertz CT molecular complexity index is 558. The number of aryl methyl sites for hydroxylation is 2. The average Bonchev–Trinajstić information content (AvgIpc) is 2.94. The first-order valence-corrected chi connectivity index (χ1v) is 10.2. The van der Waals surface area contributed by atoms with Crippen LogP contribution in [-0.2, 0) is 11.3 Å². The summed E-state index contributed by atoms with van der Waals surface area (Å²) >= 11 is 0. The van der Waals surface area contributed by atoms with Crippen molar-refractivity contribution in [2.75, 3.05) is 26.7 Å². The van der Waals surface area contributed by atoms with Crippen molar-refractivity contribution < 1.29 is 4.79 Å². The van der Waals surface area contributed by atoms with E-state index in [9.17, 15) is 4.79 Å². The van der Waals surface area contributed by atoms with Crippen LogP contribution in [0, 0.1) is 19.8 Å². The van der Waals surface area contributed by atoms with Gasteiger partial charge in [-0.3, -0.25) is 4.79 Å². The molecule has 4 heteroatoms. The second-order valence-corrected chi connectivity index (χ2v) is 8.15. The lowest BCUT2D eigenvalue weighted by atomic mass is 9.83. The van der Waals surface area contributed by atoms with Gasteiger partial charge in [0, 0.05) is 44.0 Å². The molecule has 0 aliphatic carbocycles. The normalized spacial score (nSPS) is 24.1. The fourth-order valence-corrected chi connectivity index (χ4v) is 4.88. The third kappa shape index (κ3) is 4.46. The highest BCUT2D eigenvalue weighted by Gasteiger charge is 2.33. The lowest BCUT2D eigenvalue weighted by Crippen LogP contribution is -2.51. The lowest BCUT2D eigenvalue weighted by molar-refractivity contribution is -0.131. The van der Waals surface area contributed by atoms with Gasteiger partial charge in [0.2, 0.25) is 5.91 Å². The number of aromatic nitrogens is 1. The maximum absolute atomic E-state index is 12.6. The molecule has 2 fully saturated rings. The molecule has 0 bridgehead atoms. The summed E-state index contributed by atoms with van der Waals surface area (Å²) in [6.45, 7) is 8.72. The van der Waals surface area contributed by atoms with Crippen LogP contribution in [0.1, 0.15) is 56.3 Å². The monoisotopic (exact) mass is 345 g/mol. The van der Waals surface area contributed by atoms with Gasteiger partial charge in [-0.05, 0) is 77.1 Å². The quantitative estimate of drug-likeness (QED) is 0.788. The van der Waals surface area contributed by atoms with Crippen molar-refractivity contribution >= 4 is 5.91 Å². The topological polar surface area (TPSA) is 28.5 Å². The maximum Gasteiger partial charge on any atom is 0.222 e. The summed E-state index contributed by atoms with van der Waals surface area (Å²) in [5, 5.41) is 0. The Morgan fingerprint density at radius 3 is 2.60 bits per heavy atom. The smallest absolute Gasteiger partial charge is 0.222 e. The molecule has 1 amide bonds. The molecule has 2 aliphatic heterocycles. The zero-order valence-electron chi connectivity index (χ0n) is 16.3. The number of hydrogen-bond acceptors (Lipinski definition) is 2. The largest absolute Gasteiger partial charge is 0.349 e. The minimum Gasteiger partial charge on any atom is -0.349 e. The van der Waals surface area contributed by atoms with Crippen LogP contribution in [0.25, 0.3) is 0 Å². The highest BCUT2D eigenvalue weighted by molar-refractivity contribution is 5.75. The third-order valence-electron chi connectivity index (χ3n) is 6.35. The number of piperidine rings is 2. The Hall–Kier alpha value is -1.29. The van der Waals surface area contributed by atoms with Crippen molar-refractivity contribution in [2.45, 2.75) is 71.4 Å².